The van der Waals surface area contributed by atoms with E-state index >= 15 is 0 Å². The first kappa shape index (κ1) is 7.33. The first-order chi connectivity index (χ1) is 4.93. The molecule has 0 saturated carbocycles. The number of hydrogen-bond acceptors (Lipinski definition) is 0. The van der Waals surface area contributed by atoms with Crippen molar-refractivity contribution in [2.75, 3.05) is 0 Å². The Kier molecular flexibility index (Phi) is 3.01. The van der Waals surface area contributed by atoms with Gasteiger partial charge in [0.05, 0.1) is 0 Å². The van der Waals surface area contributed by atoms with Crippen LogP contribution >= 0.6 is 0 Å². The largest absolute Gasteiger partial charge is 0.0917 e. The third-order valence-electron chi connectivity index (χ3n) is 1.68. The van der Waals surface area contributed by atoms with Gasteiger partial charge < -0.3 is 0 Å². The molecule has 0 nitrogen and oxygen atoms in total. The van der Waals surface area contributed by atoms with E-state index < -0.39 is 0 Å². The second-order valence-electron chi connectivity index (χ2n) is 2.52. The van der Waals surface area contributed by atoms with Crippen molar-refractivity contribution in [2.24, 2.45) is 0 Å². The van der Waals surface area contributed by atoms with E-state index in [2.05, 4.69) is 37.3 Å². The van der Waals surface area contributed by atoms with E-state index in [0.717, 1.165) is 6.42 Å². The van der Waals surface area contributed by atoms with Gasteiger partial charge in [-0.1, -0.05) is 36.0 Å². The number of allylic oxidation sites excluding steroid dienone is 6. The standard InChI is InChI=1S/C10H14/c1-2-3-4-7-10-8-5-6-9-10/h2-3,5,8-9H,4,6-7H2,1H3/b3-2+. The number of rotatable bonds is 3. The highest BCUT2D eigenvalue weighted by Crippen LogP contribution is 2.14. The first-order valence-electron chi connectivity index (χ1n) is 3.90. The second kappa shape index (κ2) is 4.10. The van der Waals surface area contributed by atoms with E-state index in [0.29, 0.717) is 0 Å². The fourth-order valence-corrected chi connectivity index (χ4v) is 1.11. The van der Waals surface area contributed by atoms with E-state index in [1.54, 1.807) is 0 Å². The molecule has 0 aromatic heterocycles. The summed E-state index contributed by atoms with van der Waals surface area (Å²) in [5.41, 5.74) is 1.50. The molecule has 0 unspecified atom stereocenters. The molecular weight excluding hydrogens is 120 g/mol. The van der Waals surface area contributed by atoms with Crippen molar-refractivity contribution in [3.8, 4) is 0 Å². The lowest BCUT2D eigenvalue weighted by molar-refractivity contribution is 1.01. The van der Waals surface area contributed by atoms with Crippen LogP contribution < -0.4 is 0 Å². The van der Waals surface area contributed by atoms with Gasteiger partial charge in [-0.2, -0.15) is 0 Å². The van der Waals surface area contributed by atoms with Crippen LogP contribution in [0.1, 0.15) is 26.2 Å². The fraction of sp³-hybridized carbons (Fsp3) is 0.400. The van der Waals surface area contributed by atoms with Crippen molar-refractivity contribution in [2.45, 2.75) is 26.2 Å². The Morgan fingerprint density at radius 3 is 3.10 bits per heavy atom. The normalized spacial score (nSPS) is 16.7. The zero-order chi connectivity index (χ0) is 7.23. The smallest absolute Gasteiger partial charge is 0.0160 e. The van der Waals surface area contributed by atoms with Crippen LogP contribution in [-0.2, 0) is 0 Å². The minimum absolute atomic E-state index is 1.14. The van der Waals surface area contributed by atoms with Crippen LogP contribution in [0.2, 0.25) is 0 Å². The van der Waals surface area contributed by atoms with Gasteiger partial charge in [0, 0.05) is 0 Å². The molecule has 0 aromatic carbocycles. The Balaban J connectivity index is 2.19. The van der Waals surface area contributed by atoms with Gasteiger partial charge in [0.2, 0.25) is 0 Å². The summed E-state index contributed by atoms with van der Waals surface area (Å²) in [6.07, 6.45) is 14.6. The summed E-state index contributed by atoms with van der Waals surface area (Å²) >= 11 is 0. The molecule has 0 radical (unpaired) electrons. The molecule has 0 spiro atoms. The highest BCUT2D eigenvalue weighted by atomic mass is 14.0. The molecule has 0 heterocycles. The van der Waals surface area contributed by atoms with Gasteiger partial charge in [0.15, 0.2) is 0 Å². The van der Waals surface area contributed by atoms with Crippen molar-refractivity contribution >= 4 is 0 Å². The van der Waals surface area contributed by atoms with Crippen LogP contribution in [-0.4, -0.2) is 0 Å². The molecule has 0 aromatic rings. The lowest BCUT2D eigenvalue weighted by atomic mass is 10.1. The molecule has 1 aliphatic rings. The van der Waals surface area contributed by atoms with Gasteiger partial charge in [-0.3, -0.25) is 0 Å². The predicted molar refractivity (Wildman–Crippen MR) is 45.9 cm³/mol. The molecule has 1 aliphatic carbocycles. The molecule has 0 heteroatoms. The van der Waals surface area contributed by atoms with Crippen LogP contribution in [0.15, 0.2) is 36.0 Å². The highest BCUT2D eigenvalue weighted by molar-refractivity contribution is 5.26. The molecule has 0 atom stereocenters. The Labute approximate surface area is 62.9 Å². The van der Waals surface area contributed by atoms with Gasteiger partial charge >= 0.3 is 0 Å². The van der Waals surface area contributed by atoms with Gasteiger partial charge in [0.1, 0.15) is 0 Å². The number of hydrogen-bond donors (Lipinski definition) is 0. The zero-order valence-corrected chi connectivity index (χ0v) is 6.51. The third kappa shape index (κ3) is 2.22. The monoisotopic (exact) mass is 134 g/mol. The molecule has 0 N–H and O–H groups in total. The van der Waals surface area contributed by atoms with Gasteiger partial charge in [-0.15, -0.1) is 0 Å². The fourth-order valence-electron chi connectivity index (χ4n) is 1.11. The molecular formula is C10H14. The van der Waals surface area contributed by atoms with Crippen LogP contribution in [0, 0.1) is 0 Å². The van der Waals surface area contributed by atoms with E-state index in [1.165, 1.54) is 18.4 Å². The maximum Gasteiger partial charge on any atom is -0.0160 e. The quantitative estimate of drug-likeness (QED) is 0.520. The van der Waals surface area contributed by atoms with Gasteiger partial charge in [0.25, 0.3) is 0 Å². The maximum absolute atomic E-state index is 2.30. The predicted octanol–water partition coefficient (Wildman–Crippen LogP) is 3.23. The van der Waals surface area contributed by atoms with Crippen molar-refractivity contribution in [3.05, 3.63) is 36.0 Å². The molecule has 54 valence electrons. The summed E-state index contributed by atoms with van der Waals surface area (Å²) in [5, 5.41) is 0. The van der Waals surface area contributed by atoms with Gasteiger partial charge in [-0.25, -0.2) is 0 Å². The van der Waals surface area contributed by atoms with E-state index in [9.17, 15) is 0 Å². The van der Waals surface area contributed by atoms with Crippen molar-refractivity contribution < 1.29 is 0 Å². The van der Waals surface area contributed by atoms with Gasteiger partial charge in [-0.05, 0) is 26.2 Å². The lowest BCUT2D eigenvalue weighted by Crippen LogP contribution is -1.72. The molecule has 0 saturated heterocycles. The van der Waals surface area contributed by atoms with Crippen LogP contribution in [0.3, 0.4) is 0 Å². The average Bonchev–Trinajstić information content (AvgIpc) is 2.41. The molecule has 0 aliphatic heterocycles. The second-order valence-corrected chi connectivity index (χ2v) is 2.52. The van der Waals surface area contributed by atoms with E-state index in [-0.39, 0.29) is 0 Å². The van der Waals surface area contributed by atoms with Crippen molar-refractivity contribution in [1.82, 2.24) is 0 Å². The SMILES string of the molecule is C/C=C/CCC1=CCC=C1. The summed E-state index contributed by atoms with van der Waals surface area (Å²) in [6.45, 7) is 2.07. The average molecular weight is 134 g/mol. The minimum atomic E-state index is 1.14. The lowest BCUT2D eigenvalue weighted by Gasteiger charge is -1.92. The van der Waals surface area contributed by atoms with Crippen LogP contribution in [0.4, 0.5) is 0 Å². The molecule has 0 amide bonds. The maximum atomic E-state index is 2.30. The third-order valence-corrected chi connectivity index (χ3v) is 1.68. The summed E-state index contributed by atoms with van der Waals surface area (Å²) in [5.74, 6) is 0. The summed E-state index contributed by atoms with van der Waals surface area (Å²) in [4.78, 5) is 0. The molecule has 10 heavy (non-hydrogen) atoms. The van der Waals surface area contributed by atoms with E-state index in [4.69, 9.17) is 0 Å². The molecule has 0 fully saturated rings. The summed E-state index contributed by atoms with van der Waals surface area (Å²) < 4.78 is 0. The highest BCUT2D eigenvalue weighted by Gasteiger charge is 1.94. The Hall–Kier alpha value is -0.780. The Bertz CT molecular complexity index is 170. The van der Waals surface area contributed by atoms with Crippen LogP contribution in [0.25, 0.3) is 0 Å². The Morgan fingerprint density at radius 2 is 2.50 bits per heavy atom. The van der Waals surface area contributed by atoms with Crippen molar-refractivity contribution in [1.29, 1.82) is 0 Å². The van der Waals surface area contributed by atoms with Crippen molar-refractivity contribution in [3.63, 3.8) is 0 Å². The Morgan fingerprint density at radius 1 is 1.60 bits per heavy atom. The first-order valence-corrected chi connectivity index (χ1v) is 3.90. The summed E-state index contributed by atoms with van der Waals surface area (Å²) in [6, 6.07) is 0. The van der Waals surface area contributed by atoms with Crippen LogP contribution in [0.5, 0.6) is 0 Å². The molecule has 1 rings (SSSR count). The summed E-state index contributed by atoms with van der Waals surface area (Å²) in [7, 11) is 0. The molecule has 0 bridgehead atoms. The topological polar surface area (TPSA) is 0 Å². The van der Waals surface area contributed by atoms with E-state index in [1.807, 2.05) is 0 Å². The minimum Gasteiger partial charge on any atom is -0.0917 e. The zero-order valence-electron chi connectivity index (χ0n) is 6.51.